The van der Waals surface area contributed by atoms with Crippen LogP contribution in [-0.4, -0.2) is 42.9 Å². The molecule has 0 unspecified atom stereocenters. The van der Waals surface area contributed by atoms with Crippen molar-refractivity contribution in [2.75, 3.05) is 13.7 Å². The second-order valence-electron chi connectivity index (χ2n) is 8.64. The van der Waals surface area contributed by atoms with Crippen molar-refractivity contribution in [1.29, 1.82) is 0 Å². The molecule has 0 saturated heterocycles. The summed E-state index contributed by atoms with van der Waals surface area (Å²) in [6, 6.07) is 23.4. The molecule has 0 aliphatic heterocycles. The van der Waals surface area contributed by atoms with E-state index in [2.05, 4.69) is 34.0 Å². The van der Waals surface area contributed by atoms with Gasteiger partial charge in [0.25, 0.3) is 5.56 Å². The van der Waals surface area contributed by atoms with E-state index in [0.29, 0.717) is 29.9 Å². The summed E-state index contributed by atoms with van der Waals surface area (Å²) in [5, 5.41) is 4.78. The third-order valence-electron chi connectivity index (χ3n) is 6.36. The highest BCUT2D eigenvalue weighted by Gasteiger charge is 2.18. The Morgan fingerprint density at radius 1 is 0.972 bits per heavy atom. The van der Waals surface area contributed by atoms with E-state index in [9.17, 15) is 4.79 Å². The zero-order valence-electron chi connectivity index (χ0n) is 20.6. The second kappa shape index (κ2) is 10.1. The predicted octanol–water partition coefficient (Wildman–Crippen LogP) is 4.56. The quantitative estimate of drug-likeness (QED) is 0.324. The summed E-state index contributed by atoms with van der Waals surface area (Å²) in [6.07, 6.45) is 3.20. The Morgan fingerprint density at radius 3 is 2.39 bits per heavy atom. The number of aromatic nitrogens is 5. The fraction of sp³-hybridized carbons (Fsp3) is 0.214. The summed E-state index contributed by atoms with van der Waals surface area (Å²) in [6.45, 7) is 5.16. The van der Waals surface area contributed by atoms with Crippen molar-refractivity contribution in [2.45, 2.75) is 26.4 Å². The van der Waals surface area contributed by atoms with Crippen molar-refractivity contribution < 1.29 is 4.74 Å². The molecule has 8 nitrogen and oxygen atoms in total. The highest BCUT2D eigenvalue weighted by Crippen LogP contribution is 2.23. The van der Waals surface area contributed by atoms with Crippen LogP contribution in [0.5, 0.6) is 5.75 Å². The van der Waals surface area contributed by atoms with E-state index < -0.39 is 0 Å². The minimum Gasteiger partial charge on any atom is -0.494 e. The Morgan fingerprint density at radius 2 is 1.69 bits per heavy atom. The van der Waals surface area contributed by atoms with E-state index in [-0.39, 0.29) is 11.6 Å². The Balaban J connectivity index is 1.48. The minimum absolute atomic E-state index is 0.0852. The van der Waals surface area contributed by atoms with Crippen LogP contribution >= 0.6 is 0 Å². The maximum absolute atomic E-state index is 13.6. The van der Waals surface area contributed by atoms with Gasteiger partial charge in [-0.2, -0.15) is 5.10 Å². The predicted molar refractivity (Wildman–Crippen MR) is 140 cm³/mol. The van der Waals surface area contributed by atoms with Crippen LogP contribution < -0.4 is 10.3 Å². The fourth-order valence-electron chi connectivity index (χ4n) is 4.27. The third-order valence-corrected chi connectivity index (χ3v) is 6.36. The van der Waals surface area contributed by atoms with Crippen molar-refractivity contribution in [3.63, 3.8) is 0 Å². The molecular formula is C28H28N6O2. The smallest absolute Gasteiger partial charge is 0.266 e. The van der Waals surface area contributed by atoms with Gasteiger partial charge in [-0.25, -0.2) is 14.6 Å². The van der Waals surface area contributed by atoms with Gasteiger partial charge in [-0.3, -0.25) is 14.3 Å². The van der Waals surface area contributed by atoms with Crippen LogP contribution in [0.25, 0.3) is 22.3 Å². The fourth-order valence-corrected chi connectivity index (χ4v) is 4.27. The maximum Gasteiger partial charge on any atom is 0.266 e. The molecule has 0 bridgehead atoms. The molecule has 0 aliphatic rings. The minimum atomic E-state index is -0.0852. The Bertz CT molecular complexity index is 1510. The first-order valence-electron chi connectivity index (χ1n) is 11.9. The van der Waals surface area contributed by atoms with Crippen LogP contribution in [0.1, 0.15) is 31.3 Å². The number of nitrogens with zero attached hydrogens (tertiary/aromatic N) is 6. The molecule has 0 saturated carbocycles. The van der Waals surface area contributed by atoms with Crippen LogP contribution in [0.3, 0.4) is 0 Å². The lowest BCUT2D eigenvalue weighted by atomic mass is 10.1. The van der Waals surface area contributed by atoms with E-state index >= 15 is 0 Å². The van der Waals surface area contributed by atoms with Crippen molar-refractivity contribution in [2.24, 2.45) is 0 Å². The van der Waals surface area contributed by atoms with Gasteiger partial charge in [0, 0.05) is 6.04 Å². The molecule has 8 heteroatoms. The highest BCUT2D eigenvalue weighted by molar-refractivity contribution is 5.77. The molecule has 2 heterocycles. The Kier molecular flexibility index (Phi) is 6.60. The van der Waals surface area contributed by atoms with Gasteiger partial charge in [0.2, 0.25) is 0 Å². The van der Waals surface area contributed by atoms with Gasteiger partial charge in [0.1, 0.15) is 24.2 Å². The maximum atomic E-state index is 13.6. The first kappa shape index (κ1) is 23.4. The van der Waals surface area contributed by atoms with Gasteiger partial charge in [0.05, 0.1) is 35.4 Å². The number of fused-ring (bicyclic) bond motifs is 1. The molecule has 5 rings (SSSR count). The number of hydrogen-bond donors (Lipinski definition) is 0. The van der Waals surface area contributed by atoms with Crippen molar-refractivity contribution in [3.05, 3.63) is 107 Å². The van der Waals surface area contributed by atoms with Crippen molar-refractivity contribution >= 4 is 10.9 Å². The number of rotatable bonds is 8. The normalized spacial score (nSPS) is 12.2. The highest BCUT2D eigenvalue weighted by atomic mass is 16.5. The molecule has 0 spiro atoms. The monoisotopic (exact) mass is 480 g/mol. The van der Waals surface area contributed by atoms with Crippen LogP contribution in [-0.2, 0) is 6.54 Å². The van der Waals surface area contributed by atoms with Crippen LogP contribution in [0.4, 0.5) is 0 Å². The van der Waals surface area contributed by atoms with Crippen molar-refractivity contribution in [1.82, 2.24) is 29.2 Å². The molecule has 0 fully saturated rings. The molecule has 182 valence electrons. The average molecular weight is 481 g/mol. The third kappa shape index (κ3) is 4.63. The molecule has 0 amide bonds. The van der Waals surface area contributed by atoms with E-state index in [1.807, 2.05) is 74.6 Å². The molecule has 3 aromatic carbocycles. The summed E-state index contributed by atoms with van der Waals surface area (Å²) >= 11 is 0. The zero-order chi connectivity index (χ0) is 25.1. The zero-order valence-corrected chi connectivity index (χ0v) is 20.6. The Hall–Kier alpha value is -4.30. The van der Waals surface area contributed by atoms with E-state index in [1.165, 1.54) is 6.33 Å². The lowest BCUT2D eigenvalue weighted by Crippen LogP contribution is -2.29. The van der Waals surface area contributed by atoms with Gasteiger partial charge in [-0.1, -0.05) is 24.3 Å². The molecule has 0 radical (unpaired) electrons. The van der Waals surface area contributed by atoms with Gasteiger partial charge in [0.15, 0.2) is 0 Å². The van der Waals surface area contributed by atoms with Crippen molar-refractivity contribution in [3.8, 4) is 17.1 Å². The Labute approximate surface area is 209 Å². The molecule has 5 aromatic rings. The van der Waals surface area contributed by atoms with Crippen LogP contribution in [0, 0.1) is 0 Å². The van der Waals surface area contributed by atoms with Crippen LogP contribution in [0.15, 0.2) is 90.2 Å². The summed E-state index contributed by atoms with van der Waals surface area (Å²) in [5.41, 5.74) is 3.47. The van der Waals surface area contributed by atoms with Gasteiger partial charge in [-0.05, 0) is 75.0 Å². The lowest BCUT2D eigenvalue weighted by Gasteiger charge is -2.26. The first-order valence-corrected chi connectivity index (χ1v) is 11.9. The number of ether oxygens (including phenoxy) is 1. The number of hydrogen-bond acceptors (Lipinski definition) is 6. The molecular weight excluding hydrogens is 452 g/mol. The van der Waals surface area contributed by atoms with E-state index in [4.69, 9.17) is 9.72 Å². The number of para-hydroxylation sites is 1. The van der Waals surface area contributed by atoms with E-state index in [0.717, 1.165) is 22.7 Å². The van der Waals surface area contributed by atoms with Gasteiger partial charge < -0.3 is 4.74 Å². The molecule has 36 heavy (non-hydrogen) atoms. The largest absolute Gasteiger partial charge is 0.494 e. The lowest BCUT2D eigenvalue weighted by molar-refractivity contribution is 0.245. The topological polar surface area (TPSA) is 78.1 Å². The van der Waals surface area contributed by atoms with Gasteiger partial charge >= 0.3 is 0 Å². The molecule has 2 aromatic heterocycles. The average Bonchev–Trinajstić information content (AvgIpc) is 3.45. The summed E-state index contributed by atoms with van der Waals surface area (Å²) in [7, 11) is 2.04. The SMILES string of the molecule is CCOc1ccc(-n2c(CN(C)[C@@H](C)c3ccc(-n4cncn4)cc3)nc3ccccc3c2=O)cc1. The standard InChI is InChI=1S/C28H28N6O2/c1-4-36-24-15-13-23(14-16-24)34-27(31-26-8-6-5-7-25(26)28(34)35)17-32(3)20(2)21-9-11-22(12-10-21)33-19-29-18-30-33/h5-16,18-20H,4,17H2,1-3H3/t20-/m0/s1. The van der Waals surface area contributed by atoms with Gasteiger partial charge in [-0.15, -0.1) is 0 Å². The molecule has 0 aliphatic carbocycles. The number of benzene rings is 3. The molecule has 0 N–H and O–H groups in total. The van der Waals surface area contributed by atoms with Crippen LogP contribution in [0.2, 0.25) is 0 Å². The van der Waals surface area contributed by atoms with E-state index in [1.54, 1.807) is 15.6 Å². The second-order valence-corrected chi connectivity index (χ2v) is 8.64. The molecule has 1 atom stereocenters. The summed E-state index contributed by atoms with van der Waals surface area (Å²) < 4.78 is 9.02. The first-order chi connectivity index (χ1) is 17.5. The summed E-state index contributed by atoms with van der Waals surface area (Å²) in [5.74, 6) is 1.45. The summed E-state index contributed by atoms with van der Waals surface area (Å²) in [4.78, 5) is 24.7.